The van der Waals surface area contributed by atoms with Crippen molar-refractivity contribution >= 4 is 23.4 Å². The Morgan fingerprint density at radius 2 is 2.42 bits per heavy atom. The highest BCUT2D eigenvalue weighted by molar-refractivity contribution is 6.29. The fourth-order valence-corrected chi connectivity index (χ4v) is 2.50. The number of halogens is 1. The molecule has 2 rings (SSSR count). The molecule has 1 aliphatic rings. The first-order valence-electron chi connectivity index (χ1n) is 6.46. The Morgan fingerprint density at radius 3 is 3.05 bits per heavy atom. The van der Waals surface area contributed by atoms with Crippen LogP contribution in [0.25, 0.3) is 0 Å². The van der Waals surface area contributed by atoms with Gasteiger partial charge < -0.3 is 15.3 Å². The summed E-state index contributed by atoms with van der Waals surface area (Å²) < 4.78 is 0. The lowest BCUT2D eigenvalue weighted by molar-refractivity contribution is 0.0697. The summed E-state index contributed by atoms with van der Waals surface area (Å²) in [5, 5.41) is 12.5. The summed E-state index contributed by atoms with van der Waals surface area (Å²) in [7, 11) is 0. The average Bonchev–Trinajstić information content (AvgIpc) is 2.84. The van der Waals surface area contributed by atoms with E-state index >= 15 is 0 Å². The van der Waals surface area contributed by atoms with E-state index in [1.165, 1.54) is 12.1 Å². The molecule has 1 saturated heterocycles. The van der Waals surface area contributed by atoms with Gasteiger partial charge in [-0.25, -0.2) is 9.78 Å². The molecule has 0 aromatic carbocycles. The molecule has 0 bridgehead atoms. The van der Waals surface area contributed by atoms with Crippen LogP contribution >= 0.6 is 11.6 Å². The molecule has 1 aliphatic heterocycles. The van der Waals surface area contributed by atoms with Crippen molar-refractivity contribution in [3.8, 4) is 0 Å². The van der Waals surface area contributed by atoms with Crippen LogP contribution in [0.5, 0.6) is 0 Å². The van der Waals surface area contributed by atoms with Crippen LogP contribution in [0.2, 0.25) is 5.15 Å². The molecule has 0 radical (unpaired) electrons. The zero-order valence-corrected chi connectivity index (χ0v) is 11.7. The van der Waals surface area contributed by atoms with E-state index in [1.807, 2.05) is 0 Å². The van der Waals surface area contributed by atoms with Gasteiger partial charge in [0.2, 0.25) is 0 Å². The Kier molecular flexibility index (Phi) is 4.61. The Hall–Kier alpha value is -1.33. The number of pyridine rings is 1. The molecule has 2 heterocycles. The quantitative estimate of drug-likeness (QED) is 0.811. The topological polar surface area (TPSA) is 65.5 Å². The minimum Gasteiger partial charge on any atom is -0.478 e. The van der Waals surface area contributed by atoms with Crippen LogP contribution in [0.4, 0.5) is 5.82 Å². The third-order valence-corrected chi connectivity index (χ3v) is 3.68. The molecule has 19 heavy (non-hydrogen) atoms. The van der Waals surface area contributed by atoms with Gasteiger partial charge in [0.1, 0.15) is 16.5 Å². The number of rotatable bonds is 5. The second-order valence-electron chi connectivity index (χ2n) is 4.76. The van der Waals surface area contributed by atoms with Gasteiger partial charge >= 0.3 is 5.97 Å². The fraction of sp³-hybridized carbons (Fsp3) is 0.538. The Morgan fingerprint density at radius 1 is 1.63 bits per heavy atom. The zero-order valence-electron chi connectivity index (χ0n) is 10.9. The van der Waals surface area contributed by atoms with Gasteiger partial charge in [-0.15, -0.1) is 0 Å². The number of carboxylic acids is 1. The number of nitrogens with one attached hydrogen (secondary N) is 1. The third-order valence-electron chi connectivity index (χ3n) is 3.47. The Balaban J connectivity index is 1.99. The minimum atomic E-state index is -0.992. The molecule has 104 valence electrons. The first-order valence-corrected chi connectivity index (χ1v) is 6.84. The molecule has 1 fully saturated rings. The van der Waals surface area contributed by atoms with E-state index < -0.39 is 5.97 Å². The molecule has 6 heteroatoms. The normalized spacial score (nSPS) is 19.6. The van der Waals surface area contributed by atoms with E-state index in [9.17, 15) is 4.79 Å². The van der Waals surface area contributed by atoms with Crippen LogP contribution in [0.1, 0.15) is 23.7 Å². The van der Waals surface area contributed by atoms with Gasteiger partial charge in [-0.1, -0.05) is 18.5 Å². The minimum absolute atomic E-state index is 0.162. The van der Waals surface area contributed by atoms with Crippen LogP contribution in [-0.2, 0) is 0 Å². The maximum atomic E-state index is 11.1. The SMILES string of the molecule is CCN1CCC(CNc2nc(Cl)ccc2C(=O)O)C1. The number of aromatic carboxylic acids is 1. The molecule has 1 aromatic rings. The van der Waals surface area contributed by atoms with Crippen molar-refractivity contribution in [3.05, 3.63) is 22.8 Å². The van der Waals surface area contributed by atoms with Crippen LogP contribution in [0, 0.1) is 5.92 Å². The Bertz CT molecular complexity index is 467. The average molecular weight is 284 g/mol. The zero-order chi connectivity index (χ0) is 13.8. The molecular formula is C13H18ClN3O2. The van der Waals surface area contributed by atoms with Crippen LogP contribution in [0.3, 0.4) is 0 Å². The van der Waals surface area contributed by atoms with Gasteiger partial charge in [-0.05, 0) is 37.6 Å². The maximum absolute atomic E-state index is 11.1. The van der Waals surface area contributed by atoms with Gasteiger partial charge in [0, 0.05) is 13.1 Å². The van der Waals surface area contributed by atoms with E-state index in [0.717, 1.165) is 32.6 Å². The summed E-state index contributed by atoms with van der Waals surface area (Å²) in [4.78, 5) is 17.5. The summed E-state index contributed by atoms with van der Waals surface area (Å²) >= 11 is 5.81. The Labute approximate surface area is 117 Å². The van der Waals surface area contributed by atoms with Crippen LogP contribution in [-0.4, -0.2) is 47.1 Å². The predicted octanol–water partition coefficient (Wildman–Crippen LogP) is 2.19. The molecule has 0 aliphatic carbocycles. The second kappa shape index (κ2) is 6.21. The number of aromatic nitrogens is 1. The van der Waals surface area contributed by atoms with E-state index in [-0.39, 0.29) is 5.56 Å². The molecule has 2 N–H and O–H groups in total. The van der Waals surface area contributed by atoms with E-state index in [1.54, 1.807) is 0 Å². The highest BCUT2D eigenvalue weighted by Crippen LogP contribution is 2.20. The van der Waals surface area contributed by atoms with Crippen molar-refractivity contribution in [2.45, 2.75) is 13.3 Å². The number of hydrogen-bond acceptors (Lipinski definition) is 4. The lowest BCUT2D eigenvalue weighted by Crippen LogP contribution is -2.23. The molecule has 0 saturated carbocycles. The van der Waals surface area contributed by atoms with Crippen molar-refractivity contribution in [2.24, 2.45) is 5.92 Å². The summed E-state index contributed by atoms with van der Waals surface area (Å²) in [5.41, 5.74) is 0.162. The molecule has 1 atom stereocenters. The van der Waals surface area contributed by atoms with Gasteiger partial charge in [0.05, 0.1) is 0 Å². The lowest BCUT2D eigenvalue weighted by Gasteiger charge is -2.15. The fourth-order valence-electron chi connectivity index (χ4n) is 2.35. The highest BCUT2D eigenvalue weighted by Gasteiger charge is 2.21. The molecule has 0 amide bonds. The third kappa shape index (κ3) is 3.58. The summed E-state index contributed by atoms with van der Waals surface area (Å²) in [6, 6.07) is 2.97. The van der Waals surface area contributed by atoms with Gasteiger partial charge in [0.15, 0.2) is 0 Å². The summed E-state index contributed by atoms with van der Waals surface area (Å²) in [6.07, 6.45) is 1.13. The number of nitrogens with zero attached hydrogens (tertiary/aromatic N) is 2. The van der Waals surface area contributed by atoms with E-state index in [4.69, 9.17) is 16.7 Å². The first-order chi connectivity index (χ1) is 9.10. The summed E-state index contributed by atoms with van der Waals surface area (Å²) in [5.74, 6) is -0.106. The van der Waals surface area contributed by atoms with Gasteiger partial charge in [-0.2, -0.15) is 0 Å². The van der Waals surface area contributed by atoms with Crippen molar-refractivity contribution in [1.82, 2.24) is 9.88 Å². The van der Waals surface area contributed by atoms with Crippen molar-refractivity contribution < 1.29 is 9.90 Å². The molecule has 0 spiro atoms. The molecular weight excluding hydrogens is 266 g/mol. The molecule has 5 nitrogen and oxygen atoms in total. The standard InChI is InChI=1S/C13H18ClN3O2/c1-2-17-6-5-9(8-17)7-15-12-10(13(18)19)3-4-11(14)16-12/h3-4,9H,2,5-8H2,1H3,(H,15,16)(H,18,19). The van der Waals surface area contributed by atoms with Crippen LogP contribution in [0.15, 0.2) is 12.1 Å². The number of hydrogen-bond donors (Lipinski definition) is 2. The van der Waals surface area contributed by atoms with Crippen LogP contribution < -0.4 is 5.32 Å². The molecule has 1 aromatic heterocycles. The number of carbonyl (C=O) groups is 1. The van der Waals surface area contributed by atoms with E-state index in [0.29, 0.717) is 16.9 Å². The van der Waals surface area contributed by atoms with Crippen molar-refractivity contribution in [1.29, 1.82) is 0 Å². The number of anilines is 1. The highest BCUT2D eigenvalue weighted by atomic mass is 35.5. The largest absolute Gasteiger partial charge is 0.478 e. The summed E-state index contributed by atoms with van der Waals surface area (Å²) in [6.45, 7) is 6.09. The number of likely N-dealkylation sites (tertiary alicyclic amines) is 1. The smallest absolute Gasteiger partial charge is 0.339 e. The van der Waals surface area contributed by atoms with Gasteiger partial charge in [0.25, 0.3) is 0 Å². The molecule has 1 unspecified atom stereocenters. The second-order valence-corrected chi connectivity index (χ2v) is 5.15. The monoisotopic (exact) mass is 283 g/mol. The predicted molar refractivity (Wildman–Crippen MR) is 74.9 cm³/mol. The maximum Gasteiger partial charge on any atom is 0.339 e. The first kappa shape index (κ1) is 14.1. The number of carboxylic acid groups (broad SMARTS) is 1. The van der Waals surface area contributed by atoms with Crippen molar-refractivity contribution in [3.63, 3.8) is 0 Å². The van der Waals surface area contributed by atoms with Crippen molar-refractivity contribution in [2.75, 3.05) is 31.5 Å². The van der Waals surface area contributed by atoms with Gasteiger partial charge in [-0.3, -0.25) is 0 Å². The van der Waals surface area contributed by atoms with E-state index in [2.05, 4.69) is 22.1 Å². The lowest BCUT2D eigenvalue weighted by atomic mass is 10.1.